The van der Waals surface area contributed by atoms with Gasteiger partial charge in [0.15, 0.2) is 5.69 Å². The number of rotatable bonds is 5. The van der Waals surface area contributed by atoms with Crippen molar-refractivity contribution in [2.24, 2.45) is 0 Å². The van der Waals surface area contributed by atoms with E-state index in [0.717, 1.165) is 12.6 Å². The molecule has 0 spiro atoms. The van der Waals surface area contributed by atoms with Crippen LogP contribution in [0.5, 0.6) is 0 Å². The maximum Gasteiger partial charge on any atom is 0.313 e. The summed E-state index contributed by atoms with van der Waals surface area (Å²) < 4.78 is 13.7. The predicted molar refractivity (Wildman–Crippen MR) is 77.6 cm³/mol. The fraction of sp³-hybridized carbons (Fsp3) is 0.286. The van der Waals surface area contributed by atoms with E-state index in [0.29, 0.717) is 23.6 Å². The molecule has 0 saturated carbocycles. The molecule has 0 amide bonds. The molecule has 0 radical (unpaired) electrons. The van der Waals surface area contributed by atoms with Gasteiger partial charge in [-0.15, -0.1) is 0 Å². The van der Waals surface area contributed by atoms with Gasteiger partial charge in [0.1, 0.15) is 12.0 Å². The van der Waals surface area contributed by atoms with Crippen LogP contribution in [0.25, 0.3) is 11.3 Å². The second kappa shape index (κ2) is 6.25. The fourth-order valence-corrected chi connectivity index (χ4v) is 1.78. The monoisotopic (exact) mass is 290 g/mol. The van der Waals surface area contributed by atoms with Crippen molar-refractivity contribution >= 4 is 11.6 Å². The van der Waals surface area contributed by atoms with Crippen LogP contribution < -0.4 is 5.32 Å². The quantitative estimate of drug-likeness (QED) is 0.674. The minimum atomic E-state index is -0.573. The molecule has 6 nitrogen and oxygen atoms in total. The van der Waals surface area contributed by atoms with Crippen LogP contribution in [0.15, 0.2) is 24.4 Å². The van der Waals surface area contributed by atoms with Crippen molar-refractivity contribution in [1.82, 2.24) is 9.97 Å². The first-order valence-corrected chi connectivity index (χ1v) is 6.54. The summed E-state index contributed by atoms with van der Waals surface area (Å²) in [5.41, 5.74) is 0.680. The number of hydrogen-bond acceptors (Lipinski definition) is 5. The van der Waals surface area contributed by atoms with E-state index in [1.54, 1.807) is 19.1 Å². The summed E-state index contributed by atoms with van der Waals surface area (Å²) in [4.78, 5) is 18.6. The maximum atomic E-state index is 13.7. The van der Waals surface area contributed by atoms with Crippen LogP contribution >= 0.6 is 0 Å². The molecule has 0 aliphatic rings. The molecule has 1 N–H and O–H groups in total. The number of benzene rings is 1. The van der Waals surface area contributed by atoms with Crippen LogP contribution in [0.2, 0.25) is 0 Å². The molecule has 1 aromatic carbocycles. The lowest BCUT2D eigenvalue weighted by Crippen LogP contribution is -2.06. The summed E-state index contributed by atoms with van der Waals surface area (Å²) in [5.74, 6) is -0.137. The number of hydrogen-bond donors (Lipinski definition) is 1. The molecule has 0 aliphatic heterocycles. The number of anilines is 1. The average Bonchev–Trinajstić information content (AvgIpc) is 2.47. The van der Waals surface area contributed by atoms with Crippen LogP contribution in [0, 0.1) is 22.9 Å². The third-order valence-electron chi connectivity index (χ3n) is 2.94. The van der Waals surface area contributed by atoms with Gasteiger partial charge in [-0.2, -0.15) is 0 Å². The van der Waals surface area contributed by atoms with Crippen LogP contribution in [0.1, 0.15) is 18.9 Å². The van der Waals surface area contributed by atoms with Gasteiger partial charge in [0.05, 0.1) is 4.92 Å². The second-order valence-corrected chi connectivity index (χ2v) is 4.58. The number of nitro groups is 1. The Morgan fingerprint density at radius 3 is 2.81 bits per heavy atom. The first-order chi connectivity index (χ1) is 10.0. The lowest BCUT2D eigenvalue weighted by atomic mass is 10.1. The highest BCUT2D eigenvalue weighted by Gasteiger charge is 2.19. The highest BCUT2D eigenvalue weighted by molar-refractivity contribution is 5.70. The molecule has 7 heteroatoms. The van der Waals surface area contributed by atoms with Crippen LogP contribution in [0.4, 0.5) is 16.0 Å². The molecular formula is C14H15FN4O2. The Morgan fingerprint density at radius 1 is 1.43 bits per heavy atom. The Balaban J connectivity index is 2.51. The van der Waals surface area contributed by atoms with Gasteiger partial charge in [0.2, 0.25) is 5.95 Å². The Labute approximate surface area is 121 Å². The van der Waals surface area contributed by atoms with E-state index in [1.165, 1.54) is 6.07 Å². The normalized spacial score (nSPS) is 10.4. The van der Waals surface area contributed by atoms with Crippen molar-refractivity contribution in [3.63, 3.8) is 0 Å². The predicted octanol–water partition coefficient (Wildman–Crippen LogP) is 3.32. The fourth-order valence-electron chi connectivity index (χ4n) is 1.78. The van der Waals surface area contributed by atoms with E-state index in [9.17, 15) is 14.5 Å². The Bertz CT molecular complexity index is 676. The van der Waals surface area contributed by atoms with Gasteiger partial charge >= 0.3 is 5.69 Å². The molecule has 110 valence electrons. The number of nitrogens with zero attached hydrogens (tertiary/aromatic N) is 3. The zero-order chi connectivity index (χ0) is 15.4. The van der Waals surface area contributed by atoms with Gasteiger partial charge in [-0.25, -0.2) is 14.4 Å². The second-order valence-electron chi connectivity index (χ2n) is 4.58. The minimum Gasteiger partial charge on any atom is -0.354 e. The number of nitrogens with one attached hydrogen (secondary N) is 1. The van der Waals surface area contributed by atoms with Gasteiger partial charge in [-0.3, -0.25) is 10.1 Å². The molecular weight excluding hydrogens is 275 g/mol. The topological polar surface area (TPSA) is 81.0 Å². The van der Waals surface area contributed by atoms with E-state index in [4.69, 9.17) is 0 Å². The van der Waals surface area contributed by atoms with E-state index in [-0.39, 0.29) is 11.4 Å². The van der Waals surface area contributed by atoms with Gasteiger partial charge in [0.25, 0.3) is 0 Å². The molecule has 0 bridgehead atoms. The first-order valence-electron chi connectivity index (χ1n) is 6.54. The first kappa shape index (κ1) is 14.8. The van der Waals surface area contributed by atoms with Gasteiger partial charge in [-0.1, -0.05) is 19.1 Å². The van der Waals surface area contributed by atoms with Gasteiger partial charge in [-0.05, 0) is 25.0 Å². The van der Waals surface area contributed by atoms with E-state index in [2.05, 4.69) is 15.3 Å². The lowest BCUT2D eigenvalue weighted by molar-refractivity contribution is -0.384. The Kier molecular flexibility index (Phi) is 4.42. The van der Waals surface area contributed by atoms with Gasteiger partial charge < -0.3 is 5.32 Å². The lowest BCUT2D eigenvalue weighted by Gasteiger charge is -2.07. The van der Waals surface area contributed by atoms with Crippen molar-refractivity contribution in [3.8, 4) is 11.3 Å². The Morgan fingerprint density at radius 2 is 2.19 bits per heavy atom. The van der Waals surface area contributed by atoms with Crippen LogP contribution in [-0.4, -0.2) is 21.4 Å². The molecule has 0 atom stereocenters. The molecule has 0 fully saturated rings. The smallest absolute Gasteiger partial charge is 0.313 e. The summed E-state index contributed by atoms with van der Waals surface area (Å²) in [5, 5.41) is 14.0. The van der Waals surface area contributed by atoms with E-state index in [1.807, 2.05) is 6.92 Å². The zero-order valence-electron chi connectivity index (χ0n) is 11.8. The van der Waals surface area contributed by atoms with E-state index >= 15 is 0 Å². The van der Waals surface area contributed by atoms with Gasteiger partial charge in [0, 0.05) is 12.1 Å². The van der Waals surface area contributed by atoms with Crippen LogP contribution in [-0.2, 0) is 0 Å². The third kappa shape index (κ3) is 3.31. The van der Waals surface area contributed by atoms with Crippen molar-refractivity contribution in [1.29, 1.82) is 0 Å². The average molecular weight is 290 g/mol. The highest BCUT2D eigenvalue weighted by atomic mass is 19.1. The summed E-state index contributed by atoms with van der Waals surface area (Å²) in [6, 6.07) is 4.42. The summed E-state index contributed by atoms with van der Waals surface area (Å²) in [6.45, 7) is 4.26. The minimum absolute atomic E-state index is 0.104. The molecule has 0 saturated heterocycles. The highest BCUT2D eigenvalue weighted by Crippen LogP contribution is 2.29. The third-order valence-corrected chi connectivity index (χ3v) is 2.94. The van der Waals surface area contributed by atoms with Crippen molar-refractivity contribution in [2.45, 2.75) is 20.3 Å². The molecule has 21 heavy (non-hydrogen) atoms. The Hall–Kier alpha value is -2.57. The molecule has 0 unspecified atom stereocenters. The largest absolute Gasteiger partial charge is 0.354 e. The van der Waals surface area contributed by atoms with Crippen molar-refractivity contribution in [3.05, 3.63) is 45.9 Å². The summed E-state index contributed by atoms with van der Waals surface area (Å²) in [6.07, 6.45) is 2.01. The molecule has 2 rings (SSSR count). The van der Waals surface area contributed by atoms with E-state index < -0.39 is 10.7 Å². The van der Waals surface area contributed by atoms with Crippen molar-refractivity contribution in [2.75, 3.05) is 11.9 Å². The zero-order valence-corrected chi connectivity index (χ0v) is 11.8. The van der Waals surface area contributed by atoms with Crippen LogP contribution in [0.3, 0.4) is 0 Å². The summed E-state index contributed by atoms with van der Waals surface area (Å²) in [7, 11) is 0. The SMILES string of the molecule is CCCNc1ncc([N+](=O)[O-])c(-c2ccc(C)c(F)c2)n1. The number of aromatic nitrogens is 2. The molecule has 0 aliphatic carbocycles. The van der Waals surface area contributed by atoms with Crippen molar-refractivity contribution < 1.29 is 9.31 Å². The number of halogens is 1. The molecule has 1 heterocycles. The number of aryl methyl sites for hydroxylation is 1. The molecule has 2 aromatic rings. The summed E-state index contributed by atoms with van der Waals surface area (Å²) >= 11 is 0. The molecule has 1 aromatic heterocycles. The standard InChI is InChI=1S/C14H15FN4O2/c1-3-6-16-14-17-8-12(19(20)21)13(18-14)10-5-4-9(2)11(15)7-10/h4-5,7-8H,3,6H2,1-2H3,(H,16,17,18). The maximum absolute atomic E-state index is 13.7.